The molecule has 2 atom stereocenters. The molecule has 0 unspecified atom stereocenters. The molecule has 60 valence electrons. The Morgan fingerprint density at radius 2 is 2.10 bits per heavy atom. The van der Waals surface area contributed by atoms with Gasteiger partial charge in [0.05, 0.1) is 0 Å². The molecule has 0 aromatic carbocycles. The molecule has 0 aromatic rings. The zero-order chi connectivity index (χ0) is 7.99. The average Bonchev–Trinajstić information content (AvgIpc) is 2.41. The molecule has 2 N–H and O–H groups in total. The minimum atomic E-state index is 0.0215. The Balaban J connectivity index is 2.59. The van der Waals surface area contributed by atoms with Crippen LogP contribution >= 0.6 is 0 Å². The summed E-state index contributed by atoms with van der Waals surface area (Å²) in [5.74, 6) is 0.882. The van der Waals surface area contributed by atoms with E-state index in [0.717, 1.165) is 5.92 Å². The van der Waals surface area contributed by atoms with Gasteiger partial charge < -0.3 is 5.73 Å². The molecule has 1 saturated carbocycles. The second-order valence-corrected chi connectivity index (χ2v) is 4.45. The van der Waals surface area contributed by atoms with Crippen molar-refractivity contribution in [3.8, 4) is 0 Å². The van der Waals surface area contributed by atoms with Gasteiger partial charge in [-0.2, -0.15) is 0 Å². The molecule has 1 aliphatic rings. The van der Waals surface area contributed by atoms with Crippen LogP contribution in [0.3, 0.4) is 0 Å². The zero-order valence-corrected chi connectivity index (χ0v) is 7.57. The zero-order valence-electron chi connectivity index (χ0n) is 7.57. The first-order chi connectivity index (χ1) is 4.42. The normalized spacial score (nSPS) is 39.9. The fraction of sp³-hybridized carbons (Fsp3) is 1.00. The molecule has 0 aliphatic heterocycles. The predicted molar refractivity (Wildman–Crippen MR) is 44.8 cm³/mol. The van der Waals surface area contributed by atoms with E-state index >= 15 is 0 Å². The van der Waals surface area contributed by atoms with Crippen LogP contribution in [0, 0.1) is 11.3 Å². The smallest absolute Gasteiger partial charge is 0.0154 e. The fourth-order valence-corrected chi connectivity index (χ4v) is 1.84. The van der Waals surface area contributed by atoms with Crippen LogP contribution in [0.25, 0.3) is 0 Å². The Labute approximate surface area is 64.0 Å². The van der Waals surface area contributed by atoms with Crippen LogP contribution < -0.4 is 5.73 Å². The van der Waals surface area contributed by atoms with Gasteiger partial charge in [-0.3, -0.25) is 0 Å². The van der Waals surface area contributed by atoms with Gasteiger partial charge in [0.15, 0.2) is 0 Å². The van der Waals surface area contributed by atoms with Crippen molar-refractivity contribution >= 4 is 0 Å². The van der Waals surface area contributed by atoms with Crippen molar-refractivity contribution in [2.24, 2.45) is 17.1 Å². The molecular formula is C9H19N. The average molecular weight is 141 g/mol. The molecule has 0 bridgehead atoms. The van der Waals surface area contributed by atoms with E-state index in [9.17, 15) is 0 Å². The summed E-state index contributed by atoms with van der Waals surface area (Å²) in [5, 5.41) is 0. The van der Waals surface area contributed by atoms with E-state index in [1.54, 1.807) is 0 Å². The maximum Gasteiger partial charge on any atom is 0.0154 e. The molecule has 1 fully saturated rings. The highest BCUT2D eigenvalue weighted by atomic mass is 14.8. The maximum atomic E-state index is 6.04. The van der Waals surface area contributed by atoms with Crippen molar-refractivity contribution in [3.63, 3.8) is 0 Å². The van der Waals surface area contributed by atoms with Gasteiger partial charge in [0.1, 0.15) is 0 Å². The van der Waals surface area contributed by atoms with Crippen LogP contribution in [-0.2, 0) is 0 Å². The first kappa shape index (κ1) is 8.06. The van der Waals surface area contributed by atoms with Crippen LogP contribution in [0.1, 0.15) is 40.5 Å². The number of nitrogens with two attached hydrogens (primary N) is 1. The van der Waals surface area contributed by atoms with E-state index in [0.29, 0.717) is 5.41 Å². The monoisotopic (exact) mass is 141 g/mol. The number of rotatable bonds is 2. The number of hydrogen-bond donors (Lipinski definition) is 1. The summed E-state index contributed by atoms with van der Waals surface area (Å²) in [5.41, 5.74) is 6.49. The molecule has 0 aromatic heterocycles. The van der Waals surface area contributed by atoms with Crippen molar-refractivity contribution in [2.45, 2.75) is 46.1 Å². The van der Waals surface area contributed by atoms with E-state index in [4.69, 9.17) is 5.73 Å². The highest BCUT2D eigenvalue weighted by molar-refractivity contribution is 5.09. The Morgan fingerprint density at radius 1 is 1.60 bits per heavy atom. The van der Waals surface area contributed by atoms with Crippen molar-refractivity contribution in [3.05, 3.63) is 0 Å². The van der Waals surface area contributed by atoms with Crippen molar-refractivity contribution in [1.29, 1.82) is 0 Å². The fourth-order valence-electron chi connectivity index (χ4n) is 1.84. The van der Waals surface area contributed by atoms with Crippen LogP contribution in [0.5, 0.6) is 0 Å². The lowest BCUT2D eigenvalue weighted by molar-refractivity contribution is 0.292. The summed E-state index contributed by atoms with van der Waals surface area (Å²) in [4.78, 5) is 0. The lowest BCUT2D eigenvalue weighted by Crippen LogP contribution is -2.42. The topological polar surface area (TPSA) is 26.0 Å². The Kier molecular flexibility index (Phi) is 1.59. The molecule has 0 spiro atoms. The summed E-state index contributed by atoms with van der Waals surface area (Å²) in [6, 6.07) is 0. The molecular weight excluding hydrogens is 122 g/mol. The largest absolute Gasteiger partial charge is 0.325 e. The standard InChI is InChI=1S/C9H19N/c1-5-7-6-9(7,4)8(2,3)10/h7H,5-6,10H2,1-4H3/t7-,9-/m1/s1. The second kappa shape index (κ2) is 1.97. The van der Waals surface area contributed by atoms with E-state index in [-0.39, 0.29) is 5.54 Å². The van der Waals surface area contributed by atoms with Gasteiger partial charge in [-0.15, -0.1) is 0 Å². The van der Waals surface area contributed by atoms with E-state index in [2.05, 4.69) is 27.7 Å². The van der Waals surface area contributed by atoms with Gasteiger partial charge >= 0.3 is 0 Å². The van der Waals surface area contributed by atoms with E-state index in [1.807, 2.05) is 0 Å². The molecule has 10 heavy (non-hydrogen) atoms. The third-order valence-corrected chi connectivity index (χ3v) is 3.38. The van der Waals surface area contributed by atoms with Gasteiger partial charge in [-0.25, -0.2) is 0 Å². The van der Waals surface area contributed by atoms with Gasteiger partial charge in [0.2, 0.25) is 0 Å². The maximum absolute atomic E-state index is 6.04. The molecule has 0 radical (unpaired) electrons. The van der Waals surface area contributed by atoms with Crippen LogP contribution in [-0.4, -0.2) is 5.54 Å². The van der Waals surface area contributed by atoms with Crippen LogP contribution in [0.15, 0.2) is 0 Å². The predicted octanol–water partition coefficient (Wildman–Crippen LogP) is 2.16. The second-order valence-electron chi connectivity index (χ2n) is 4.45. The molecule has 0 saturated heterocycles. The number of hydrogen-bond acceptors (Lipinski definition) is 1. The highest BCUT2D eigenvalue weighted by Gasteiger charge is 2.56. The molecule has 0 heterocycles. The Morgan fingerprint density at radius 3 is 2.20 bits per heavy atom. The van der Waals surface area contributed by atoms with E-state index < -0.39 is 0 Å². The van der Waals surface area contributed by atoms with Crippen LogP contribution in [0.2, 0.25) is 0 Å². The van der Waals surface area contributed by atoms with Crippen molar-refractivity contribution < 1.29 is 0 Å². The Bertz CT molecular complexity index is 134. The summed E-state index contributed by atoms with van der Waals surface area (Å²) in [7, 11) is 0. The minimum absolute atomic E-state index is 0.0215. The minimum Gasteiger partial charge on any atom is -0.325 e. The van der Waals surface area contributed by atoms with Gasteiger partial charge in [0, 0.05) is 5.54 Å². The van der Waals surface area contributed by atoms with Crippen LogP contribution in [0.4, 0.5) is 0 Å². The first-order valence-electron chi connectivity index (χ1n) is 4.20. The van der Waals surface area contributed by atoms with E-state index in [1.165, 1.54) is 12.8 Å². The molecule has 1 nitrogen and oxygen atoms in total. The first-order valence-corrected chi connectivity index (χ1v) is 4.20. The SMILES string of the molecule is CC[C@@H]1C[C@@]1(C)C(C)(C)N. The molecule has 1 aliphatic carbocycles. The van der Waals surface area contributed by atoms with Crippen molar-refractivity contribution in [1.82, 2.24) is 0 Å². The lowest BCUT2D eigenvalue weighted by Gasteiger charge is -2.28. The molecule has 1 heteroatoms. The molecule has 1 rings (SSSR count). The quantitative estimate of drug-likeness (QED) is 0.626. The molecule has 0 amide bonds. The summed E-state index contributed by atoms with van der Waals surface area (Å²) >= 11 is 0. The third-order valence-electron chi connectivity index (χ3n) is 3.38. The summed E-state index contributed by atoms with van der Waals surface area (Å²) < 4.78 is 0. The van der Waals surface area contributed by atoms with Gasteiger partial charge in [-0.05, 0) is 31.6 Å². The van der Waals surface area contributed by atoms with Gasteiger partial charge in [-0.1, -0.05) is 20.3 Å². The third kappa shape index (κ3) is 0.968. The lowest BCUT2D eigenvalue weighted by atomic mass is 9.84. The summed E-state index contributed by atoms with van der Waals surface area (Å²) in [6.07, 6.45) is 2.62. The Hall–Kier alpha value is -0.0400. The highest BCUT2D eigenvalue weighted by Crippen LogP contribution is 2.59. The van der Waals surface area contributed by atoms with Gasteiger partial charge in [0.25, 0.3) is 0 Å². The van der Waals surface area contributed by atoms with Crippen molar-refractivity contribution in [2.75, 3.05) is 0 Å². The summed E-state index contributed by atoms with van der Waals surface area (Å²) in [6.45, 7) is 8.84.